The molecule has 0 unspecified atom stereocenters. The van der Waals surface area contributed by atoms with Gasteiger partial charge in [0.1, 0.15) is 5.75 Å². The Morgan fingerprint density at radius 1 is 1.32 bits per heavy atom. The maximum Gasteiger partial charge on any atom is 0.262 e. The minimum Gasteiger partial charge on any atom is -0.497 e. The van der Waals surface area contributed by atoms with Crippen LogP contribution in [0.3, 0.4) is 0 Å². The number of ether oxygens (including phenoxy) is 2. The summed E-state index contributed by atoms with van der Waals surface area (Å²) >= 11 is 0. The highest BCUT2D eigenvalue weighted by Crippen LogP contribution is 2.23. The lowest BCUT2D eigenvalue weighted by Crippen LogP contribution is -2.14. The fourth-order valence-corrected chi connectivity index (χ4v) is 3.24. The Hall–Kier alpha value is -2.06. The third kappa shape index (κ3) is 3.77. The number of aryl methyl sites for hydroxylation is 1. The summed E-state index contributed by atoms with van der Waals surface area (Å²) in [5.41, 5.74) is 1.02. The Morgan fingerprint density at radius 3 is 2.73 bits per heavy atom. The van der Waals surface area contributed by atoms with Crippen molar-refractivity contribution in [3.05, 3.63) is 36.2 Å². The van der Waals surface area contributed by atoms with Crippen LogP contribution in [0.5, 0.6) is 5.75 Å². The van der Waals surface area contributed by atoms with Gasteiger partial charge >= 0.3 is 0 Å². The Labute approximate surface area is 129 Å². The van der Waals surface area contributed by atoms with Gasteiger partial charge in [-0.25, -0.2) is 8.42 Å². The molecule has 22 heavy (non-hydrogen) atoms. The topological polar surface area (TPSA) is 82.5 Å². The second-order valence-electron chi connectivity index (χ2n) is 4.72. The van der Waals surface area contributed by atoms with E-state index in [2.05, 4.69) is 9.82 Å². The molecule has 0 spiro atoms. The molecule has 0 amide bonds. The van der Waals surface area contributed by atoms with Crippen molar-refractivity contribution in [3.8, 4) is 5.75 Å². The van der Waals surface area contributed by atoms with Gasteiger partial charge in [-0.3, -0.25) is 9.40 Å². The molecule has 0 radical (unpaired) electrons. The van der Waals surface area contributed by atoms with Crippen LogP contribution in [0, 0.1) is 6.92 Å². The van der Waals surface area contributed by atoms with Gasteiger partial charge in [-0.2, -0.15) is 5.10 Å². The number of nitrogens with zero attached hydrogens (tertiary/aromatic N) is 2. The van der Waals surface area contributed by atoms with E-state index in [1.54, 1.807) is 37.0 Å². The molecule has 2 aromatic rings. The van der Waals surface area contributed by atoms with Crippen LogP contribution in [0.2, 0.25) is 0 Å². The van der Waals surface area contributed by atoms with Gasteiger partial charge in [0.25, 0.3) is 10.0 Å². The van der Waals surface area contributed by atoms with Gasteiger partial charge in [0.05, 0.1) is 37.0 Å². The summed E-state index contributed by atoms with van der Waals surface area (Å²) in [6.45, 7) is 2.78. The lowest BCUT2D eigenvalue weighted by molar-refractivity contribution is 0.183. The smallest absolute Gasteiger partial charge is 0.262 e. The molecule has 8 heteroatoms. The standard InChI is InChI=1S/C14H19N3O4S/c1-11-8-13(21-3)4-5-14(11)22(18,19)16-12-9-15-17(10-12)6-7-20-2/h4-5,8-10,16H,6-7H2,1-3H3. The molecule has 2 rings (SSSR count). The lowest BCUT2D eigenvalue weighted by atomic mass is 10.2. The molecule has 0 atom stereocenters. The third-order valence-electron chi connectivity index (χ3n) is 3.08. The normalized spacial score (nSPS) is 11.4. The first-order valence-electron chi connectivity index (χ1n) is 6.65. The Kier molecular flexibility index (Phi) is 5.04. The number of sulfonamides is 1. The molecule has 1 aromatic heterocycles. The highest BCUT2D eigenvalue weighted by Gasteiger charge is 2.18. The van der Waals surface area contributed by atoms with Crippen molar-refractivity contribution in [1.29, 1.82) is 0 Å². The molecule has 1 N–H and O–H groups in total. The molecular weight excluding hydrogens is 306 g/mol. The van der Waals surface area contributed by atoms with E-state index in [0.717, 1.165) is 0 Å². The van der Waals surface area contributed by atoms with Crippen LogP contribution in [0.4, 0.5) is 5.69 Å². The Balaban J connectivity index is 2.19. The third-order valence-corrected chi connectivity index (χ3v) is 4.62. The zero-order chi connectivity index (χ0) is 16.2. The first kappa shape index (κ1) is 16.3. The predicted molar refractivity (Wildman–Crippen MR) is 82.6 cm³/mol. The molecule has 0 fully saturated rings. The zero-order valence-corrected chi connectivity index (χ0v) is 13.6. The lowest BCUT2D eigenvalue weighted by Gasteiger charge is -2.10. The number of hydrogen-bond acceptors (Lipinski definition) is 5. The molecule has 0 aliphatic rings. The second-order valence-corrected chi connectivity index (χ2v) is 6.37. The fraction of sp³-hybridized carbons (Fsp3) is 0.357. The number of rotatable bonds is 7. The van der Waals surface area contributed by atoms with Crippen molar-refractivity contribution in [2.75, 3.05) is 25.5 Å². The van der Waals surface area contributed by atoms with Gasteiger partial charge in [0.15, 0.2) is 0 Å². The van der Waals surface area contributed by atoms with Crippen LogP contribution >= 0.6 is 0 Å². The van der Waals surface area contributed by atoms with E-state index in [1.807, 2.05) is 0 Å². The monoisotopic (exact) mass is 325 g/mol. The minimum atomic E-state index is -3.67. The molecular formula is C14H19N3O4S. The van der Waals surface area contributed by atoms with Crippen LogP contribution in [0.15, 0.2) is 35.5 Å². The number of aromatic nitrogens is 2. The summed E-state index contributed by atoms with van der Waals surface area (Å²) < 4.78 is 39.0. The van der Waals surface area contributed by atoms with Crippen LogP contribution < -0.4 is 9.46 Å². The first-order chi connectivity index (χ1) is 10.5. The van der Waals surface area contributed by atoms with Crippen molar-refractivity contribution < 1.29 is 17.9 Å². The van der Waals surface area contributed by atoms with E-state index in [9.17, 15) is 8.42 Å². The average Bonchev–Trinajstić information content (AvgIpc) is 2.91. The van der Waals surface area contributed by atoms with Crippen molar-refractivity contribution in [2.45, 2.75) is 18.4 Å². The number of hydrogen-bond donors (Lipinski definition) is 1. The molecule has 0 saturated carbocycles. The van der Waals surface area contributed by atoms with Gasteiger partial charge in [0, 0.05) is 13.3 Å². The molecule has 7 nitrogen and oxygen atoms in total. The van der Waals surface area contributed by atoms with Crippen LogP contribution in [0.1, 0.15) is 5.56 Å². The quantitative estimate of drug-likeness (QED) is 0.837. The Morgan fingerprint density at radius 2 is 2.09 bits per heavy atom. The Bertz CT molecular complexity index is 740. The summed E-state index contributed by atoms with van der Waals surface area (Å²) in [5, 5.41) is 4.07. The molecule has 1 heterocycles. The second kappa shape index (κ2) is 6.80. The summed E-state index contributed by atoms with van der Waals surface area (Å²) in [4.78, 5) is 0.206. The van der Waals surface area contributed by atoms with Gasteiger partial charge in [-0.1, -0.05) is 0 Å². The summed E-state index contributed by atoms with van der Waals surface area (Å²) in [6, 6.07) is 4.81. The summed E-state index contributed by atoms with van der Waals surface area (Å²) in [7, 11) is -0.532. The first-order valence-corrected chi connectivity index (χ1v) is 8.13. The minimum absolute atomic E-state index is 0.206. The molecule has 0 saturated heterocycles. The van der Waals surface area contributed by atoms with Gasteiger partial charge < -0.3 is 9.47 Å². The van der Waals surface area contributed by atoms with Crippen molar-refractivity contribution in [3.63, 3.8) is 0 Å². The zero-order valence-electron chi connectivity index (χ0n) is 12.7. The number of anilines is 1. The number of nitrogens with one attached hydrogen (secondary N) is 1. The van der Waals surface area contributed by atoms with Crippen molar-refractivity contribution in [2.24, 2.45) is 0 Å². The SMILES string of the molecule is COCCn1cc(NS(=O)(=O)c2ccc(OC)cc2C)cn1. The van der Waals surface area contributed by atoms with E-state index < -0.39 is 10.0 Å². The van der Waals surface area contributed by atoms with Crippen LogP contribution in [-0.2, 0) is 21.3 Å². The van der Waals surface area contributed by atoms with Crippen molar-refractivity contribution in [1.82, 2.24) is 9.78 Å². The van der Waals surface area contributed by atoms with E-state index in [-0.39, 0.29) is 4.90 Å². The summed E-state index contributed by atoms with van der Waals surface area (Å²) in [6.07, 6.45) is 3.08. The van der Waals surface area contributed by atoms with Gasteiger partial charge in [0.2, 0.25) is 0 Å². The van der Waals surface area contributed by atoms with Crippen LogP contribution in [-0.4, -0.2) is 39.0 Å². The van der Waals surface area contributed by atoms with Gasteiger partial charge in [-0.05, 0) is 30.7 Å². The molecule has 120 valence electrons. The highest BCUT2D eigenvalue weighted by molar-refractivity contribution is 7.92. The van der Waals surface area contributed by atoms with E-state index in [0.29, 0.717) is 30.2 Å². The maximum absolute atomic E-state index is 12.4. The average molecular weight is 325 g/mol. The fourth-order valence-electron chi connectivity index (χ4n) is 1.98. The van der Waals surface area contributed by atoms with E-state index in [1.165, 1.54) is 19.4 Å². The van der Waals surface area contributed by atoms with E-state index >= 15 is 0 Å². The van der Waals surface area contributed by atoms with E-state index in [4.69, 9.17) is 9.47 Å². The summed E-state index contributed by atoms with van der Waals surface area (Å²) in [5.74, 6) is 0.615. The molecule has 0 bridgehead atoms. The molecule has 0 aliphatic heterocycles. The van der Waals surface area contributed by atoms with Gasteiger partial charge in [-0.15, -0.1) is 0 Å². The van der Waals surface area contributed by atoms with Crippen molar-refractivity contribution >= 4 is 15.7 Å². The van der Waals surface area contributed by atoms with Crippen LogP contribution in [0.25, 0.3) is 0 Å². The molecule has 1 aromatic carbocycles. The predicted octanol–water partition coefficient (Wildman–Crippen LogP) is 1.65. The maximum atomic E-state index is 12.4. The highest BCUT2D eigenvalue weighted by atomic mass is 32.2. The number of methoxy groups -OCH3 is 2. The largest absolute Gasteiger partial charge is 0.497 e. The number of benzene rings is 1. The molecule has 0 aliphatic carbocycles.